The molecule has 3 rings (SSSR count). The van der Waals surface area contributed by atoms with Gasteiger partial charge in [0, 0.05) is 24.3 Å². The molecule has 0 saturated heterocycles. The van der Waals surface area contributed by atoms with Crippen LogP contribution >= 0.6 is 0 Å². The summed E-state index contributed by atoms with van der Waals surface area (Å²) in [5.41, 5.74) is 10.9. The Morgan fingerprint density at radius 1 is 1.18 bits per heavy atom. The monoisotopic (exact) mass is 294 g/mol. The number of nitrogens with two attached hydrogens (primary N) is 1. The van der Waals surface area contributed by atoms with Crippen LogP contribution < -0.4 is 10.6 Å². The van der Waals surface area contributed by atoms with Crippen molar-refractivity contribution in [3.63, 3.8) is 0 Å². The second-order valence-corrected chi connectivity index (χ2v) is 5.89. The average molecular weight is 294 g/mol. The molecule has 0 spiro atoms. The SMILES string of the molecule is Cc1cc(C(=O)N2CCCCc3ccccc32)ccc1CN. The number of anilines is 1. The molecule has 0 atom stereocenters. The van der Waals surface area contributed by atoms with Crippen LogP contribution in [0, 0.1) is 6.92 Å². The van der Waals surface area contributed by atoms with Crippen LogP contribution in [0.2, 0.25) is 0 Å². The van der Waals surface area contributed by atoms with Crippen molar-refractivity contribution in [1.82, 2.24) is 0 Å². The number of fused-ring (bicyclic) bond motifs is 1. The summed E-state index contributed by atoms with van der Waals surface area (Å²) in [7, 11) is 0. The van der Waals surface area contributed by atoms with Crippen LogP contribution in [0.4, 0.5) is 5.69 Å². The highest BCUT2D eigenvalue weighted by molar-refractivity contribution is 6.06. The predicted molar refractivity (Wildman–Crippen MR) is 90.1 cm³/mol. The molecule has 0 fully saturated rings. The van der Waals surface area contributed by atoms with E-state index in [9.17, 15) is 4.79 Å². The van der Waals surface area contributed by atoms with Crippen molar-refractivity contribution in [2.24, 2.45) is 5.73 Å². The van der Waals surface area contributed by atoms with Crippen molar-refractivity contribution in [2.75, 3.05) is 11.4 Å². The molecule has 0 aliphatic carbocycles. The third kappa shape index (κ3) is 2.77. The topological polar surface area (TPSA) is 46.3 Å². The number of aryl methyl sites for hydroxylation is 2. The molecule has 2 aromatic rings. The summed E-state index contributed by atoms with van der Waals surface area (Å²) in [4.78, 5) is 14.9. The summed E-state index contributed by atoms with van der Waals surface area (Å²) < 4.78 is 0. The number of hydrogen-bond acceptors (Lipinski definition) is 2. The molecule has 0 aromatic heterocycles. The third-order valence-electron chi connectivity index (χ3n) is 4.41. The average Bonchev–Trinajstić information content (AvgIpc) is 2.76. The molecule has 1 heterocycles. The second-order valence-electron chi connectivity index (χ2n) is 5.89. The first-order chi connectivity index (χ1) is 10.7. The van der Waals surface area contributed by atoms with Crippen molar-refractivity contribution in [1.29, 1.82) is 0 Å². The molecule has 2 N–H and O–H groups in total. The summed E-state index contributed by atoms with van der Waals surface area (Å²) >= 11 is 0. The van der Waals surface area contributed by atoms with Gasteiger partial charge < -0.3 is 10.6 Å². The van der Waals surface area contributed by atoms with Gasteiger partial charge in [-0.2, -0.15) is 0 Å². The van der Waals surface area contributed by atoms with Crippen molar-refractivity contribution in [2.45, 2.75) is 32.7 Å². The minimum atomic E-state index is 0.0843. The van der Waals surface area contributed by atoms with E-state index in [1.54, 1.807) is 0 Å². The summed E-state index contributed by atoms with van der Waals surface area (Å²) in [6, 6.07) is 14.1. The van der Waals surface area contributed by atoms with Crippen LogP contribution in [0.15, 0.2) is 42.5 Å². The molecule has 22 heavy (non-hydrogen) atoms. The molecule has 1 amide bonds. The maximum Gasteiger partial charge on any atom is 0.258 e. The van der Waals surface area contributed by atoms with Crippen LogP contribution in [-0.4, -0.2) is 12.5 Å². The zero-order valence-corrected chi connectivity index (χ0v) is 13.0. The van der Waals surface area contributed by atoms with Gasteiger partial charge in [-0.05, 0) is 61.1 Å². The van der Waals surface area contributed by atoms with Gasteiger partial charge in [0.05, 0.1) is 0 Å². The van der Waals surface area contributed by atoms with Gasteiger partial charge in [0.15, 0.2) is 0 Å². The number of rotatable bonds is 2. The van der Waals surface area contributed by atoms with E-state index in [0.29, 0.717) is 6.54 Å². The van der Waals surface area contributed by atoms with E-state index in [1.165, 1.54) is 5.56 Å². The number of nitrogens with zero attached hydrogens (tertiary/aromatic N) is 1. The molecule has 1 aliphatic heterocycles. The number of benzene rings is 2. The number of amides is 1. The maximum atomic E-state index is 13.0. The van der Waals surface area contributed by atoms with E-state index >= 15 is 0 Å². The van der Waals surface area contributed by atoms with Gasteiger partial charge in [0.1, 0.15) is 0 Å². The lowest BCUT2D eigenvalue weighted by molar-refractivity contribution is 0.0987. The van der Waals surface area contributed by atoms with Crippen LogP contribution in [-0.2, 0) is 13.0 Å². The van der Waals surface area contributed by atoms with Gasteiger partial charge in [0.25, 0.3) is 5.91 Å². The van der Waals surface area contributed by atoms with E-state index in [4.69, 9.17) is 5.73 Å². The van der Waals surface area contributed by atoms with Crippen LogP contribution in [0.5, 0.6) is 0 Å². The summed E-state index contributed by atoms with van der Waals surface area (Å²) in [5, 5.41) is 0. The van der Waals surface area contributed by atoms with E-state index < -0.39 is 0 Å². The molecular weight excluding hydrogens is 272 g/mol. The van der Waals surface area contributed by atoms with Gasteiger partial charge >= 0.3 is 0 Å². The molecule has 0 saturated carbocycles. The first-order valence-electron chi connectivity index (χ1n) is 7.90. The van der Waals surface area contributed by atoms with Crippen LogP contribution in [0.25, 0.3) is 0 Å². The minimum absolute atomic E-state index is 0.0843. The highest BCUT2D eigenvalue weighted by atomic mass is 16.2. The zero-order chi connectivity index (χ0) is 15.5. The van der Waals surface area contributed by atoms with Gasteiger partial charge in [-0.25, -0.2) is 0 Å². The lowest BCUT2D eigenvalue weighted by atomic mass is 10.0. The van der Waals surface area contributed by atoms with E-state index in [2.05, 4.69) is 12.1 Å². The Labute approximate surface area is 131 Å². The Hall–Kier alpha value is -2.13. The molecule has 2 aromatic carbocycles. The first-order valence-corrected chi connectivity index (χ1v) is 7.90. The molecule has 1 aliphatic rings. The normalized spacial score (nSPS) is 14.4. The fraction of sp³-hybridized carbons (Fsp3) is 0.316. The molecule has 3 heteroatoms. The number of carbonyl (C=O) groups excluding carboxylic acids is 1. The Balaban J connectivity index is 1.96. The smallest absolute Gasteiger partial charge is 0.258 e. The zero-order valence-electron chi connectivity index (χ0n) is 13.0. The Morgan fingerprint density at radius 2 is 2.00 bits per heavy atom. The Kier molecular flexibility index (Phi) is 4.25. The lowest BCUT2D eigenvalue weighted by Gasteiger charge is -2.23. The molecule has 0 unspecified atom stereocenters. The first kappa shape index (κ1) is 14.8. The Morgan fingerprint density at radius 3 is 2.77 bits per heavy atom. The number of hydrogen-bond donors (Lipinski definition) is 1. The highest BCUT2D eigenvalue weighted by Crippen LogP contribution is 2.27. The fourth-order valence-electron chi connectivity index (χ4n) is 3.12. The molecule has 0 radical (unpaired) electrons. The van der Waals surface area contributed by atoms with Crippen molar-refractivity contribution < 1.29 is 4.79 Å². The van der Waals surface area contributed by atoms with Crippen LogP contribution in [0.3, 0.4) is 0 Å². The molecule has 0 bridgehead atoms. The molecule has 114 valence electrons. The molecule has 3 nitrogen and oxygen atoms in total. The summed E-state index contributed by atoms with van der Waals surface area (Å²) in [6.45, 7) is 3.30. The summed E-state index contributed by atoms with van der Waals surface area (Å²) in [6.07, 6.45) is 3.22. The maximum absolute atomic E-state index is 13.0. The van der Waals surface area contributed by atoms with E-state index in [1.807, 2.05) is 42.2 Å². The highest BCUT2D eigenvalue weighted by Gasteiger charge is 2.22. The second kappa shape index (κ2) is 6.32. The standard InChI is InChI=1S/C19H22N2O/c1-14-12-16(9-10-17(14)13-20)19(22)21-11-5-4-7-15-6-2-3-8-18(15)21/h2-3,6,8-10,12H,4-5,7,11,13,20H2,1H3. The van der Waals surface area contributed by atoms with Crippen LogP contribution in [0.1, 0.15) is 39.9 Å². The minimum Gasteiger partial charge on any atom is -0.326 e. The third-order valence-corrected chi connectivity index (χ3v) is 4.41. The van der Waals surface area contributed by atoms with Gasteiger partial charge in [-0.1, -0.05) is 24.3 Å². The van der Waals surface area contributed by atoms with E-state index in [-0.39, 0.29) is 5.91 Å². The predicted octanol–water partition coefficient (Wildman–Crippen LogP) is 3.44. The Bertz CT molecular complexity index is 694. The number of carbonyl (C=O) groups is 1. The lowest BCUT2D eigenvalue weighted by Crippen LogP contribution is -2.31. The number of para-hydroxylation sites is 1. The van der Waals surface area contributed by atoms with Gasteiger partial charge in [0.2, 0.25) is 0 Å². The summed E-state index contributed by atoms with van der Waals surface area (Å²) in [5.74, 6) is 0.0843. The fourth-order valence-corrected chi connectivity index (χ4v) is 3.12. The van der Waals surface area contributed by atoms with Crippen molar-refractivity contribution >= 4 is 11.6 Å². The van der Waals surface area contributed by atoms with E-state index in [0.717, 1.165) is 48.2 Å². The van der Waals surface area contributed by atoms with Crippen molar-refractivity contribution in [3.8, 4) is 0 Å². The quantitative estimate of drug-likeness (QED) is 0.922. The largest absolute Gasteiger partial charge is 0.326 e. The van der Waals surface area contributed by atoms with Gasteiger partial charge in [-0.3, -0.25) is 4.79 Å². The molecular formula is C19H22N2O. The van der Waals surface area contributed by atoms with Crippen molar-refractivity contribution in [3.05, 3.63) is 64.7 Å². The van der Waals surface area contributed by atoms with Gasteiger partial charge in [-0.15, -0.1) is 0 Å².